The molecule has 3 rings (SSSR count). The van der Waals surface area contributed by atoms with Crippen LogP contribution in [0.25, 0.3) is 0 Å². The third-order valence-electron chi connectivity index (χ3n) is 3.35. The van der Waals surface area contributed by atoms with E-state index in [0.717, 1.165) is 23.7 Å². The van der Waals surface area contributed by atoms with Crippen LogP contribution in [0.1, 0.15) is 26.2 Å². The van der Waals surface area contributed by atoms with Gasteiger partial charge in [-0.3, -0.25) is 4.79 Å². The second kappa shape index (κ2) is 5.22. The number of amides is 1. The van der Waals surface area contributed by atoms with Gasteiger partial charge >= 0.3 is 0 Å². The van der Waals surface area contributed by atoms with Gasteiger partial charge in [0.1, 0.15) is 10.6 Å². The minimum absolute atomic E-state index is 0.136. The van der Waals surface area contributed by atoms with E-state index in [1.54, 1.807) is 24.4 Å². The van der Waals surface area contributed by atoms with E-state index < -0.39 is 0 Å². The Labute approximate surface area is 120 Å². The van der Waals surface area contributed by atoms with Crippen molar-refractivity contribution in [3.05, 3.63) is 39.8 Å². The number of anilines is 1. The lowest BCUT2D eigenvalue weighted by molar-refractivity contribution is 0.103. The van der Waals surface area contributed by atoms with Gasteiger partial charge < -0.3 is 15.7 Å². The van der Waals surface area contributed by atoms with Crippen LogP contribution in [0.4, 0.5) is 5.69 Å². The van der Waals surface area contributed by atoms with Crippen molar-refractivity contribution < 1.29 is 9.90 Å². The van der Waals surface area contributed by atoms with Crippen LogP contribution in [0, 0.1) is 6.92 Å². The first-order valence-electron chi connectivity index (χ1n) is 6.41. The summed E-state index contributed by atoms with van der Waals surface area (Å²) < 4.78 is 0. The van der Waals surface area contributed by atoms with E-state index >= 15 is 0 Å². The molecule has 3 N–H and O–H groups in total. The molecule has 0 bridgehead atoms. The second-order valence-corrected chi connectivity index (χ2v) is 5.93. The summed E-state index contributed by atoms with van der Waals surface area (Å²) in [5, 5.41) is 16.5. The lowest BCUT2D eigenvalue weighted by atomic mass is 10.1. The highest BCUT2D eigenvalue weighted by Crippen LogP contribution is 2.26. The average molecular weight is 289 g/mol. The van der Waals surface area contributed by atoms with Crippen LogP contribution in [-0.4, -0.2) is 29.1 Å². The Morgan fingerprint density at radius 3 is 3.00 bits per heavy atom. The molecule has 0 atom stereocenters. The molecule has 2 aromatic rings. The topological polar surface area (TPSA) is 74.2 Å². The molecular formula is C14H15N3O2S. The summed E-state index contributed by atoms with van der Waals surface area (Å²) >= 11 is 1.43. The van der Waals surface area contributed by atoms with Gasteiger partial charge in [-0.05, 0) is 18.6 Å². The smallest absolute Gasteiger partial charge is 0.267 e. The summed E-state index contributed by atoms with van der Waals surface area (Å²) in [6.07, 6.45) is 1.62. The van der Waals surface area contributed by atoms with Crippen LogP contribution in [0.3, 0.4) is 0 Å². The summed E-state index contributed by atoms with van der Waals surface area (Å²) in [6, 6.07) is 4.91. The van der Waals surface area contributed by atoms with E-state index in [1.165, 1.54) is 11.3 Å². The Bertz CT molecular complexity index is 650. The number of carbonyl (C=O) groups excluding carboxylic acids is 1. The number of nitrogens with one attached hydrogen (secondary N) is 2. The molecule has 1 amide bonds. The van der Waals surface area contributed by atoms with Gasteiger partial charge in [-0.2, -0.15) is 0 Å². The van der Waals surface area contributed by atoms with Crippen molar-refractivity contribution in [2.24, 2.45) is 0 Å². The number of aromatic nitrogens is 1. The predicted octanol–water partition coefficient (Wildman–Crippen LogP) is 2.10. The van der Waals surface area contributed by atoms with Gasteiger partial charge in [0.25, 0.3) is 5.91 Å². The third-order valence-corrected chi connectivity index (χ3v) is 4.51. The summed E-state index contributed by atoms with van der Waals surface area (Å²) in [5.74, 6) is 0.384. The molecule has 0 aliphatic carbocycles. The van der Waals surface area contributed by atoms with E-state index in [4.69, 9.17) is 0 Å². The number of thiazole rings is 1. The van der Waals surface area contributed by atoms with Gasteiger partial charge in [-0.25, -0.2) is 4.98 Å². The monoisotopic (exact) mass is 289 g/mol. The van der Waals surface area contributed by atoms with Crippen molar-refractivity contribution in [2.45, 2.75) is 12.8 Å². The largest absolute Gasteiger partial charge is 0.508 e. The Kier molecular flexibility index (Phi) is 3.42. The first-order chi connectivity index (χ1) is 9.63. The maximum absolute atomic E-state index is 12.2. The quantitative estimate of drug-likeness (QED) is 0.809. The maximum Gasteiger partial charge on any atom is 0.267 e. The number of hydrogen-bond donors (Lipinski definition) is 3. The highest BCUT2D eigenvalue weighted by Gasteiger charge is 2.23. The standard InChI is InChI=1S/C14H15N3O2S/c1-8-2-3-10(18)4-11(8)17-13(19)12-7-16-14(20-12)9-5-15-6-9/h2-4,7,9,15,18H,5-6H2,1H3,(H,17,19). The molecule has 1 aliphatic rings. The first-order valence-corrected chi connectivity index (χ1v) is 7.22. The number of rotatable bonds is 3. The molecule has 1 aromatic carbocycles. The average Bonchev–Trinajstić information content (AvgIpc) is 2.81. The molecule has 20 heavy (non-hydrogen) atoms. The van der Waals surface area contributed by atoms with Crippen LogP contribution in [0.15, 0.2) is 24.4 Å². The SMILES string of the molecule is Cc1ccc(O)cc1NC(=O)c1cnc(C2CNC2)s1. The number of benzene rings is 1. The Morgan fingerprint density at radius 2 is 2.30 bits per heavy atom. The number of hydrogen-bond acceptors (Lipinski definition) is 5. The van der Waals surface area contributed by atoms with E-state index in [2.05, 4.69) is 15.6 Å². The van der Waals surface area contributed by atoms with Gasteiger partial charge in [-0.1, -0.05) is 6.07 Å². The molecule has 5 nitrogen and oxygen atoms in total. The van der Waals surface area contributed by atoms with E-state index in [-0.39, 0.29) is 11.7 Å². The van der Waals surface area contributed by atoms with Crippen LogP contribution in [-0.2, 0) is 0 Å². The lowest BCUT2D eigenvalue weighted by Crippen LogP contribution is -2.39. The van der Waals surface area contributed by atoms with Gasteiger partial charge in [0, 0.05) is 30.8 Å². The van der Waals surface area contributed by atoms with Gasteiger partial charge in [0.2, 0.25) is 0 Å². The summed E-state index contributed by atoms with van der Waals surface area (Å²) in [5.41, 5.74) is 1.53. The van der Waals surface area contributed by atoms with Crippen LogP contribution >= 0.6 is 11.3 Å². The maximum atomic E-state index is 12.2. The van der Waals surface area contributed by atoms with Crippen LogP contribution in [0.2, 0.25) is 0 Å². The predicted molar refractivity (Wildman–Crippen MR) is 78.5 cm³/mol. The highest BCUT2D eigenvalue weighted by atomic mass is 32.1. The van der Waals surface area contributed by atoms with Crippen molar-refractivity contribution in [3.8, 4) is 5.75 Å². The van der Waals surface area contributed by atoms with Gasteiger partial charge in [-0.15, -0.1) is 11.3 Å². The zero-order valence-corrected chi connectivity index (χ0v) is 11.8. The van der Waals surface area contributed by atoms with Crippen molar-refractivity contribution in [1.29, 1.82) is 0 Å². The van der Waals surface area contributed by atoms with Gasteiger partial charge in [0.15, 0.2) is 0 Å². The zero-order chi connectivity index (χ0) is 14.1. The fourth-order valence-electron chi connectivity index (χ4n) is 1.97. The molecule has 1 fully saturated rings. The first kappa shape index (κ1) is 13.1. The molecule has 1 aromatic heterocycles. The minimum Gasteiger partial charge on any atom is -0.508 e. The summed E-state index contributed by atoms with van der Waals surface area (Å²) in [6.45, 7) is 3.74. The molecule has 1 aliphatic heterocycles. The zero-order valence-electron chi connectivity index (χ0n) is 11.0. The molecule has 0 spiro atoms. The molecule has 104 valence electrons. The normalized spacial score (nSPS) is 14.8. The molecule has 0 radical (unpaired) electrons. The number of phenols is 1. The van der Waals surface area contributed by atoms with E-state index in [9.17, 15) is 9.90 Å². The van der Waals surface area contributed by atoms with Crippen molar-refractivity contribution in [3.63, 3.8) is 0 Å². The van der Waals surface area contributed by atoms with Crippen molar-refractivity contribution in [2.75, 3.05) is 18.4 Å². The number of carbonyl (C=O) groups is 1. The van der Waals surface area contributed by atoms with Gasteiger partial charge in [0.05, 0.1) is 11.2 Å². The van der Waals surface area contributed by atoms with E-state index in [0.29, 0.717) is 16.5 Å². The number of phenolic OH excluding ortho intramolecular Hbond substituents is 1. The highest BCUT2D eigenvalue weighted by molar-refractivity contribution is 7.13. The number of nitrogens with zero attached hydrogens (tertiary/aromatic N) is 1. The molecule has 0 unspecified atom stereocenters. The minimum atomic E-state index is -0.185. The van der Waals surface area contributed by atoms with Crippen molar-refractivity contribution in [1.82, 2.24) is 10.3 Å². The van der Waals surface area contributed by atoms with Crippen LogP contribution in [0.5, 0.6) is 5.75 Å². The fourth-order valence-corrected chi connectivity index (χ4v) is 2.89. The third kappa shape index (κ3) is 2.52. The van der Waals surface area contributed by atoms with Crippen LogP contribution < -0.4 is 10.6 Å². The molecule has 0 saturated carbocycles. The molecule has 2 heterocycles. The Balaban J connectivity index is 1.75. The molecule has 6 heteroatoms. The lowest BCUT2D eigenvalue weighted by Gasteiger charge is -2.24. The van der Waals surface area contributed by atoms with Crippen molar-refractivity contribution >= 4 is 22.9 Å². The Morgan fingerprint density at radius 1 is 1.50 bits per heavy atom. The fraction of sp³-hybridized carbons (Fsp3) is 0.286. The second-order valence-electron chi connectivity index (χ2n) is 4.87. The molecular weight excluding hydrogens is 274 g/mol. The molecule has 1 saturated heterocycles. The van der Waals surface area contributed by atoms with E-state index in [1.807, 2.05) is 6.92 Å². The number of aryl methyl sites for hydroxylation is 1. The summed E-state index contributed by atoms with van der Waals surface area (Å²) in [4.78, 5) is 17.1. The number of aromatic hydroxyl groups is 1. The Hall–Kier alpha value is -1.92. The summed E-state index contributed by atoms with van der Waals surface area (Å²) in [7, 11) is 0.